The van der Waals surface area contributed by atoms with Crippen molar-refractivity contribution < 1.29 is 25.2 Å². The summed E-state index contributed by atoms with van der Waals surface area (Å²) < 4.78 is 0. The minimum atomic E-state index is -0.907. The third kappa shape index (κ3) is 3.07. The average Bonchev–Trinajstić information content (AvgIpc) is 2.77. The van der Waals surface area contributed by atoms with E-state index in [0.717, 1.165) is 51.4 Å². The fourth-order valence-electron chi connectivity index (χ4n) is 10.8. The lowest BCUT2D eigenvalue weighted by Crippen LogP contribution is -2.68. The molecule has 0 aromatic carbocycles. The van der Waals surface area contributed by atoms with Crippen LogP contribution in [0.2, 0.25) is 0 Å². The van der Waals surface area contributed by atoms with Gasteiger partial charge in [-0.25, -0.2) is 0 Å². The van der Waals surface area contributed by atoms with Crippen LogP contribution in [0.4, 0.5) is 0 Å². The number of hydrogen-bond acceptors (Lipinski definition) is 4. The molecule has 0 amide bonds. The van der Waals surface area contributed by atoms with Crippen molar-refractivity contribution in [3.63, 3.8) is 0 Å². The fraction of sp³-hybridized carbons (Fsp3) is 0.900. The van der Waals surface area contributed by atoms with E-state index in [0.29, 0.717) is 12.3 Å². The Balaban J connectivity index is 1.61. The first-order valence-electron chi connectivity index (χ1n) is 14.0. The lowest BCUT2D eigenvalue weighted by Gasteiger charge is -2.71. The summed E-state index contributed by atoms with van der Waals surface area (Å²) in [6.07, 6.45) is 8.40. The Morgan fingerprint density at radius 2 is 1.60 bits per heavy atom. The third-order valence-corrected chi connectivity index (χ3v) is 13.2. The maximum atomic E-state index is 12.8. The quantitative estimate of drug-likeness (QED) is 0.402. The molecule has 0 heterocycles. The molecule has 5 nitrogen and oxygen atoms in total. The molecule has 0 bridgehead atoms. The molecule has 10 atom stereocenters. The molecule has 35 heavy (non-hydrogen) atoms. The second-order valence-corrected chi connectivity index (χ2v) is 15.1. The van der Waals surface area contributed by atoms with Gasteiger partial charge in [-0.1, -0.05) is 53.2 Å². The van der Waals surface area contributed by atoms with Crippen LogP contribution in [0, 0.1) is 50.2 Å². The highest BCUT2D eigenvalue weighted by Gasteiger charge is 2.70. The molecular weight excluding hydrogens is 440 g/mol. The lowest BCUT2D eigenvalue weighted by molar-refractivity contribution is -0.243. The minimum Gasteiger partial charge on any atom is -0.481 e. The summed E-state index contributed by atoms with van der Waals surface area (Å²) in [5.74, 6) is -0.0472. The first-order chi connectivity index (χ1) is 16.1. The molecule has 198 valence electrons. The van der Waals surface area contributed by atoms with Crippen molar-refractivity contribution in [2.75, 3.05) is 6.61 Å². The van der Waals surface area contributed by atoms with Gasteiger partial charge in [0.1, 0.15) is 0 Å². The van der Waals surface area contributed by atoms with Crippen LogP contribution < -0.4 is 0 Å². The molecule has 5 aliphatic rings. The van der Waals surface area contributed by atoms with E-state index < -0.39 is 29.0 Å². The summed E-state index contributed by atoms with van der Waals surface area (Å²) >= 11 is 0. The monoisotopic (exact) mass is 488 g/mol. The topological polar surface area (TPSA) is 98.0 Å². The maximum absolute atomic E-state index is 12.8. The maximum Gasteiger partial charge on any atom is 0.310 e. The molecule has 5 heteroatoms. The largest absolute Gasteiger partial charge is 0.481 e. The zero-order valence-corrected chi connectivity index (χ0v) is 22.7. The van der Waals surface area contributed by atoms with Crippen LogP contribution in [-0.4, -0.2) is 45.2 Å². The van der Waals surface area contributed by atoms with Crippen LogP contribution in [0.25, 0.3) is 0 Å². The molecule has 5 rings (SSSR count). The second-order valence-electron chi connectivity index (χ2n) is 15.1. The van der Waals surface area contributed by atoms with Crippen molar-refractivity contribution >= 4 is 5.97 Å². The molecule has 0 aromatic rings. The molecule has 0 saturated heterocycles. The Morgan fingerprint density at radius 3 is 2.23 bits per heavy atom. The zero-order chi connectivity index (χ0) is 25.8. The minimum absolute atomic E-state index is 0.00698. The average molecular weight is 489 g/mol. The van der Waals surface area contributed by atoms with Gasteiger partial charge in [0.2, 0.25) is 0 Å². The molecule has 0 aliphatic heterocycles. The number of carboxylic acid groups (broad SMARTS) is 1. The van der Waals surface area contributed by atoms with E-state index in [1.165, 1.54) is 5.57 Å². The van der Waals surface area contributed by atoms with Gasteiger partial charge in [0.25, 0.3) is 0 Å². The van der Waals surface area contributed by atoms with Crippen LogP contribution in [0.5, 0.6) is 0 Å². The van der Waals surface area contributed by atoms with Crippen LogP contribution in [-0.2, 0) is 4.79 Å². The number of allylic oxidation sites excluding steroid dienone is 2. The summed E-state index contributed by atoms with van der Waals surface area (Å²) in [6.45, 7) is 13.6. The van der Waals surface area contributed by atoms with E-state index >= 15 is 0 Å². The van der Waals surface area contributed by atoms with E-state index in [-0.39, 0.29) is 40.1 Å². The van der Waals surface area contributed by atoms with Crippen LogP contribution in [0.15, 0.2) is 11.6 Å². The number of hydrogen-bond donors (Lipinski definition) is 4. The molecule has 4 fully saturated rings. The number of carbonyl (C=O) groups is 1. The molecule has 0 aromatic heterocycles. The van der Waals surface area contributed by atoms with Gasteiger partial charge >= 0.3 is 5.97 Å². The molecule has 4 saturated carbocycles. The number of rotatable bonds is 2. The number of aliphatic hydroxyl groups is 3. The first-order valence-corrected chi connectivity index (χ1v) is 14.0. The van der Waals surface area contributed by atoms with Crippen molar-refractivity contribution in [3.8, 4) is 0 Å². The molecule has 4 N–H and O–H groups in total. The highest BCUT2D eigenvalue weighted by molar-refractivity contribution is 5.76. The Kier molecular flexibility index (Phi) is 5.56. The fourth-order valence-corrected chi connectivity index (χ4v) is 10.8. The van der Waals surface area contributed by atoms with Gasteiger partial charge in [-0.3, -0.25) is 4.79 Å². The van der Waals surface area contributed by atoms with Gasteiger partial charge in [0.15, 0.2) is 0 Å². The third-order valence-electron chi connectivity index (χ3n) is 13.2. The van der Waals surface area contributed by atoms with Gasteiger partial charge in [-0.05, 0) is 97.2 Å². The Morgan fingerprint density at radius 1 is 0.943 bits per heavy atom. The van der Waals surface area contributed by atoms with E-state index in [1.807, 2.05) is 6.92 Å². The zero-order valence-electron chi connectivity index (χ0n) is 22.7. The number of carboxylic acids is 1. The number of aliphatic carboxylic acids is 1. The summed E-state index contributed by atoms with van der Waals surface area (Å²) in [5, 5.41) is 42.8. The Hall–Kier alpha value is -0.910. The highest BCUT2D eigenvalue weighted by atomic mass is 16.4. The van der Waals surface area contributed by atoms with Gasteiger partial charge in [0, 0.05) is 5.41 Å². The van der Waals surface area contributed by atoms with Crippen molar-refractivity contribution in [3.05, 3.63) is 11.6 Å². The molecule has 0 spiro atoms. The predicted molar refractivity (Wildman–Crippen MR) is 135 cm³/mol. The first kappa shape index (κ1) is 25.7. The number of fused-ring (bicyclic) bond motifs is 7. The van der Waals surface area contributed by atoms with E-state index in [2.05, 4.69) is 40.7 Å². The van der Waals surface area contributed by atoms with Crippen molar-refractivity contribution in [2.45, 2.75) is 112 Å². The van der Waals surface area contributed by atoms with Crippen molar-refractivity contribution in [1.82, 2.24) is 0 Å². The second kappa shape index (κ2) is 7.57. The molecule has 5 aliphatic carbocycles. The Labute approximate surface area is 211 Å². The molecular formula is C30H48O5. The summed E-state index contributed by atoms with van der Waals surface area (Å²) in [4.78, 5) is 12.8. The normalized spacial score (nSPS) is 55.0. The van der Waals surface area contributed by atoms with Crippen LogP contribution in [0.3, 0.4) is 0 Å². The lowest BCUT2D eigenvalue weighted by atomic mass is 9.33. The highest BCUT2D eigenvalue weighted by Crippen LogP contribution is 2.75. The predicted octanol–water partition coefficient (Wildman–Crippen LogP) is 5.18. The van der Waals surface area contributed by atoms with Crippen LogP contribution >= 0.6 is 0 Å². The van der Waals surface area contributed by atoms with E-state index in [9.17, 15) is 25.2 Å². The molecule has 0 radical (unpaired) electrons. The Bertz CT molecular complexity index is 941. The van der Waals surface area contributed by atoms with Gasteiger partial charge in [-0.2, -0.15) is 0 Å². The van der Waals surface area contributed by atoms with E-state index in [1.54, 1.807) is 0 Å². The summed E-state index contributed by atoms with van der Waals surface area (Å²) in [7, 11) is 0. The summed E-state index contributed by atoms with van der Waals surface area (Å²) in [6, 6.07) is 0. The van der Waals surface area contributed by atoms with Gasteiger partial charge in [-0.15, -0.1) is 0 Å². The van der Waals surface area contributed by atoms with Crippen molar-refractivity contribution in [2.24, 2.45) is 50.2 Å². The summed E-state index contributed by atoms with van der Waals surface area (Å²) in [5.41, 5.74) is -0.0632. The standard InChI is InChI=1S/C30H48O5/c1-25(2)11-13-30(24(34)35)14-12-28(5)18(19(30)15-25)7-8-22-26(3)16-20(32)23(33)27(4,17-31)21(26)9-10-29(22,28)6/h7,19-23,31-33H,8-17H2,1-6H3,(H,34,35)/t19-,20-,21?,22-,23+,26+,27+,28-,29-,30+/m1/s1. The SMILES string of the molecule is CC1(C)CC[C@]2(C(=O)O)CC[C@]3(C)C(=CC[C@@H]4[C@@]5(C)C[C@@H](O)[C@H](O)[C@@](C)(CO)C5CC[C@]43C)[C@H]2C1. The van der Waals surface area contributed by atoms with Crippen LogP contribution in [0.1, 0.15) is 99.3 Å². The smallest absolute Gasteiger partial charge is 0.310 e. The number of aliphatic hydroxyl groups excluding tert-OH is 3. The van der Waals surface area contributed by atoms with Crippen molar-refractivity contribution in [1.29, 1.82) is 0 Å². The van der Waals surface area contributed by atoms with E-state index in [4.69, 9.17) is 0 Å². The van der Waals surface area contributed by atoms with Gasteiger partial charge in [0.05, 0.1) is 24.2 Å². The molecule has 1 unspecified atom stereocenters. The van der Waals surface area contributed by atoms with Gasteiger partial charge < -0.3 is 20.4 Å².